The second-order valence-corrected chi connectivity index (χ2v) is 21.6. The van der Waals surface area contributed by atoms with Crippen molar-refractivity contribution in [2.45, 2.75) is 59.5 Å². The summed E-state index contributed by atoms with van der Waals surface area (Å²) in [7, 11) is 5.57. The molecule has 0 aromatic heterocycles. The number of rotatable bonds is 2. The van der Waals surface area contributed by atoms with Gasteiger partial charge in [-0.2, -0.15) is 0 Å². The average Bonchev–Trinajstić information content (AvgIpc) is 2.54. The van der Waals surface area contributed by atoms with Gasteiger partial charge in [0.15, 0.2) is 0 Å². The zero-order valence-electron chi connectivity index (χ0n) is 17.4. The summed E-state index contributed by atoms with van der Waals surface area (Å²) in [5.74, 6) is 0.481. The van der Waals surface area contributed by atoms with E-state index in [1.165, 1.54) is 10.6 Å². The summed E-state index contributed by atoms with van der Waals surface area (Å²) >= 11 is 4.74. The first-order valence-electron chi connectivity index (χ1n) is 8.53. The maximum atomic E-state index is 12.4. The summed E-state index contributed by atoms with van der Waals surface area (Å²) in [6, 6.07) is 0. The SMILES string of the molecule is [B]C1(N(C)S(C)(=O)=O)c2c(C)c(C)c(C)c(C)c2OC(C)(C)C1C.[I][V][I]. The molecule has 0 amide bonds. The van der Waals surface area contributed by atoms with Gasteiger partial charge in [0.05, 0.1) is 6.26 Å². The number of hydrogen-bond acceptors (Lipinski definition) is 3. The number of hydrogen-bond donors (Lipinski definition) is 0. The molecule has 151 valence electrons. The van der Waals surface area contributed by atoms with Crippen LogP contribution in [0.4, 0.5) is 0 Å². The summed E-state index contributed by atoms with van der Waals surface area (Å²) in [5, 5.41) is 0. The van der Waals surface area contributed by atoms with Crippen molar-refractivity contribution >= 4 is 57.8 Å². The Labute approximate surface area is 195 Å². The van der Waals surface area contributed by atoms with Crippen molar-refractivity contribution in [3.8, 4) is 5.75 Å². The molecule has 27 heavy (non-hydrogen) atoms. The first kappa shape index (κ1) is 26.1. The molecule has 0 bridgehead atoms. The van der Waals surface area contributed by atoms with Crippen LogP contribution in [-0.4, -0.2) is 39.5 Å². The standard InChI is InChI=1S/C18H28BNO3S.2HI.V/c1-10-11(2)13(4)16-15(12(10)3)18(19,20(8)24(9,21)22)14(5)17(6,7)23-16;;;/h14H,1-9H3;2*1H;/q;;;+2/p-2. The van der Waals surface area contributed by atoms with Crippen LogP contribution in [0.15, 0.2) is 0 Å². The number of halogens is 2. The van der Waals surface area contributed by atoms with Gasteiger partial charge in [0, 0.05) is 24.0 Å². The molecule has 2 rings (SSSR count). The zero-order chi connectivity index (χ0) is 21.5. The third kappa shape index (κ3) is 4.70. The minimum atomic E-state index is -3.49. The van der Waals surface area contributed by atoms with E-state index >= 15 is 0 Å². The molecule has 1 aromatic carbocycles. The van der Waals surface area contributed by atoms with Gasteiger partial charge in [-0.15, -0.1) is 0 Å². The Kier molecular flexibility index (Phi) is 8.73. The van der Waals surface area contributed by atoms with Gasteiger partial charge in [0.2, 0.25) is 10.0 Å². The van der Waals surface area contributed by atoms with Crippen molar-refractivity contribution in [3.05, 3.63) is 27.8 Å². The van der Waals surface area contributed by atoms with Gasteiger partial charge in [-0.3, -0.25) is 0 Å². The van der Waals surface area contributed by atoms with Crippen molar-refractivity contribution in [1.82, 2.24) is 4.31 Å². The molecule has 0 saturated heterocycles. The van der Waals surface area contributed by atoms with E-state index in [9.17, 15) is 8.42 Å². The van der Waals surface area contributed by atoms with E-state index < -0.39 is 21.1 Å². The summed E-state index contributed by atoms with van der Waals surface area (Å²) in [4.78, 5) is 0. The summed E-state index contributed by atoms with van der Waals surface area (Å²) in [6.07, 6.45) is 1.19. The maximum absolute atomic E-state index is 12.4. The fraction of sp³-hybridized carbons (Fsp3) is 0.667. The van der Waals surface area contributed by atoms with Gasteiger partial charge in [-0.1, -0.05) is 6.92 Å². The number of sulfonamides is 1. The normalized spacial score (nSPS) is 23.8. The van der Waals surface area contributed by atoms with E-state index in [1.54, 1.807) is 7.05 Å². The molecule has 0 fully saturated rings. The molecule has 4 nitrogen and oxygen atoms in total. The van der Waals surface area contributed by atoms with Crippen LogP contribution in [0.3, 0.4) is 0 Å². The monoisotopic (exact) mass is 654 g/mol. The molecule has 0 N–H and O–H groups in total. The van der Waals surface area contributed by atoms with Crippen molar-refractivity contribution in [3.63, 3.8) is 0 Å². The fourth-order valence-corrected chi connectivity index (χ4v) is 4.49. The number of fused-ring (bicyclic) bond motifs is 1. The van der Waals surface area contributed by atoms with Gasteiger partial charge in [-0.05, 0) is 63.8 Å². The quantitative estimate of drug-likeness (QED) is 0.343. The van der Waals surface area contributed by atoms with Crippen LogP contribution in [0.25, 0.3) is 0 Å². The van der Waals surface area contributed by atoms with Crippen molar-refractivity contribution in [2.75, 3.05) is 13.3 Å². The van der Waals surface area contributed by atoms with Gasteiger partial charge in [0.1, 0.15) is 19.2 Å². The molecular formula is C18H28BI2NO3SV. The topological polar surface area (TPSA) is 46.6 Å². The van der Waals surface area contributed by atoms with E-state index in [0.29, 0.717) is 9.47 Å². The van der Waals surface area contributed by atoms with Crippen molar-refractivity contribution in [2.24, 2.45) is 5.92 Å². The molecular weight excluding hydrogens is 626 g/mol. The molecule has 1 heterocycles. The van der Waals surface area contributed by atoms with Crippen molar-refractivity contribution < 1.29 is 22.6 Å². The number of ether oxygens (including phenoxy) is 1. The second kappa shape index (κ2) is 9.04. The molecule has 0 spiro atoms. The van der Waals surface area contributed by atoms with Crippen molar-refractivity contribution in [1.29, 1.82) is 0 Å². The van der Waals surface area contributed by atoms with Crippen LogP contribution in [0.5, 0.6) is 5.75 Å². The minimum absolute atomic E-state index is 0.238. The van der Waals surface area contributed by atoms with E-state index in [0.717, 1.165) is 33.6 Å². The van der Waals surface area contributed by atoms with Gasteiger partial charge >= 0.3 is 49.4 Å². The molecule has 0 aliphatic carbocycles. The summed E-state index contributed by atoms with van der Waals surface area (Å²) < 4.78 is 32.3. The Bertz CT molecular complexity index is 833. The third-order valence-electron chi connectivity index (χ3n) is 6.12. The Morgan fingerprint density at radius 3 is 1.89 bits per heavy atom. The van der Waals surface area contributed by atoms with Gasteiger partial charge < -0.3 is 4.74 Å². The van der Waals surface area contributed by atoms with E-state index in [-0.39, 0.29) is 5.92 Å². The van der Waals surface area contributed by atoms with Crippen LogP contribution in [0, 0.1) is 33.6 Å². The zero-order valence-corrected chi connectivity index (χ0v) is 24.0. The average molecular weight is 654 g/mol. The first-order valence-corrected chi connectivity index (χ1v) is 19.4. The van der Waals surface area contributed by atoms with Crippen LogP contribution < -0.4 is 4.74 Å². The molecule has 0 saturated carbocycles. The van der Waals surface area contributed by atoms with Gasteiger partial charge in [-0.25, -0.2) is 12.7 Å². The van der Waals surface area contributed by atoms with Crippen LogP contribution in [-0.2, 0) is 24.9 Å². The third-order valence-corrected chi connectivity index (χ3v) is 7.41. The Morgan fingerprint density at radius 1 is 1.07 bits per heavy atom. The molecule has 2 radical (unpaired) electrons. The Hall–Kier alpha value is 1.04. The van der Waals surface area contributed by atoms with E-state index in [4.69, 9.17) is 12.6 Å². The predicted molar refractivity (Wildman–Crippen MR) is 127 cm³/mol. The molecule has 2 atom stereocenters. The van der Waals surface area contributed by atoms with Crippen LogP contribution in [0.2, 0.25) is 0 Å². The first-order chi connectivity index (χ1) is 12.1. The molecule has 2 unspecified atom stereocenters. The molecule has 1 aromatic rings. The molecule has 1 aliphatic heterocycles. The Morgan fingerprint density at radius 2 is 1.48 bits per heavy atom. The van der Waals surface area contributed by atoms with Crippen LogP contribution in [0.1, 0.15) is 48.6 Å². The number of nitrogens with zero attached hydrogens (tertiary/aromatic N) is 1. The molecule has 1 aliphatic rings. The number of benzene rings is 1. The van der Waals surface area contributed by atoms with Crippen LogP contribution >= 0.6 is 40.0 Å². The van der Waals surface area contributed by atoms with E-state index in [2.05, 4.69) is 46.9 Å². The predicted octanol–water partition coefficient (Wildman–Crippen LogP) is 4.71. The Balaban J connectivity index is 0.00000114. The molecule has 9 heteroatoms. The second-order valence-electron chi connectivity index (χ2n) is 7.75. The van der Waals surface area contributed by atoms with E-state index in [1.807, 2.05) is 41.5 Å². The fourth-order valence-electron chi connectivity index (χ4n) is 3.69. The summed E-state index contributed by atoms with van der Waals surface area (Å²) in [6.45, 7) is 14.0. The summed E-state index contributed by atoms with van der Waals surface area (Å²) in [5.41, 5.74) is 3.30. The van der Waals surface area contributed by atoms with Gasteiger partial charge in [0.25, 0.3) is 0 Å².